The molecule has 0 saturated carbocycles. The van der Waals surface area contributed by atoms with Gasteiger partial charge >= 0.3 is 0 Å². The molecule has 1 nitrogen and oxygen atoms in total. The van der Waals surface area contributed by atoms with Gasteiger partial charge in [-0.3, -0.25) is 0 Å². The number of benzene rings is 2. The minimum absolute atomic E-state index is 0.406. The van der Waals surface area contributed by atoms with E-state index in [2.05, 4.69) is 15.9 Å². The van der Waals surface area contributed by atoms with Gasteiger partial charge in [-0.2, -0.15) is 0 Å². The lowest BCUT2D eigenvalue weighted by Gasteiger charge is -2.25. The van der Waals surface area contributed by atoms with Crippen molar-refractivity contribution in [2.24, 2.45) is 0 Å². The third-order valence-corrected chi connectivity index (χ3v) is 4.36. The highest BCUT2D eigenvalue weighted by atomic mass is 79.9. The van der Waals surface area contributed by atoms with E-state index in [-0.39, 0.29) is 0 Å². The summed E-state index contributed by atoms with van der Waals surface area (Å²) in [6, 6.07) is 13.1. The third kappa shape index (κ3) is 3.51. The predicted octanol–water partition coefficient (Wildman–Crippen LogP) is 5.21. The lowest BCUT2D eigenvalue weighted by Crippen LogP contribution is -2.24. The van der Waals surface area contributed by atoms with Crippen LogP contribution in [0.1, 0.15) is 18.1 Å². The molecule has 0 bridgehead atoms. The smallest absolute Gasteiger partial charge is 0.0909 e. The van der Waals surface area contributed by atoms with Crippen LogP contribution in [0.3, 0.4) is 0 Å². The fraction of sp³-hybridized carbons (Fsp3) is 0.200. The second kappa shape index (κ2) is 5.84. The quantitative estimate of drug-likeness (QED) is 0.797. The van der Waals surface area contributed by atoms with Gasteiger partial charge in [0.15, 0.2) is 0 Å². The van der Waals surface area contributed by atoms with Crippen molar-refractivity contribution < 1.29 is 5.11 Å². The van der Waals surface area contributed by atoms with E-state index in [0.29, 0.717) is 16.5 Å². The molecule has 0 aliphatic heterocycles. The zero-order valence-electron chi connectivity index (χ0n) is 10.3. The Morgan fingerprint density at radius 1 is 1.16 bits per heavy atom. The molecule has 1 N–H and O–H groups in total. The average Bonchev–Trinajstić information content (AvgIpc) is 2.35. The highest BCUT2D eigenvalue weighted by Gasteiger charge is 2.25. The molecule has 2 rings (SSSR count). The van der Waals surface area contributed by atoms with Gasteiger partial charge in [0.05, 0.1) is 15.6 Å². The summed E-state index contributed by atoms with van der Waals surface area (Å²) in [7, 11) is 0. The maximum Gasteiger partial charge on any atom is 0.0909 e. The van der Waals surface area contributed by atoms with Crippen molar-refractivity contribution in [3.05, 3.63) is 68.1 Å². The highest BCUT2D eigenvalue weighted by Crippen LogP contribution is 2.32. The molecule has 2 aromatic carbocycles. The van der Waals surface area contributed by atoms with Crippen molar-refractivity contribution in [3.8, 4) is 0 Å². The summed E-state index contributed by atoms with van der Waals surface area (Å²) in [5.74, 6) is 0. The van der Waals surface area contributed by atoms with E-state index in [1.807, 2.05) is 36.4 Å². The van der Waals surface area contributed by atoms with Crippen molar-refractivity contribution in [2.45, 2.75) is 18.9 Å². The molecule has 0 fully saturated rings. The van der Waals surface area contributed by atoms with Crippen LogP contribution in [0.4, 0.5) is 0 Å². The Hall–Kier alpha value is -0.540. The van der Waals surface area contributed by atoms with Crippen LogP contribution >= 0.6 is 39.1 Å². The molecule has 1 atom stereocenters. The van der Waals surface area contributed by atoms with Gasteiger partial charge in [0.1, 0.15) is 0 Å². The fourth-order valence-electron chi connectivity index (χ4n) is 1.98. The molecule has 0 spiro atoms. The van der Waals surface area contributed by atoms with Crippen LogP contribution in [0.2, 0.25) is 10.0 Å². The molecule has 19 heavy (non-hydrogen) atoms. The number of halogens is 3. The normalized spacial score (nSPS) is 14.2. The number of aliphatic hydroxyl groups is 1. The van der Waals surface area contributed by atoms with Gasteiger partial charge in [0, 0.05) is 10.9 Å². The second-order valence-corrected chi connectivity index (χ2v) is 6.37. The van der Waals surface area contributed by atoms with E-state index in [0.717, 1.165) is 15.6 Å². The Kier molecular flexibility index (Phi) is 4.57. The van der Waals surface area contributed by atoms with Crippen molar-refractivity contribution in [2.75, 3.05) is 0 Å². The van der Waals surface area contributed by atoms with E-state index in [9.17, 15) is 5.11 Å². The van der Waals surface area contributed by atoms with Crippen LogP contribution in [0.5, 0.6) is 0 Å². The van der Waals surface area contributed by atoms with E-state index in [1.165, 1.54) is 0 Å². The largest absolute Gasteiger partial charge is 0.385 e. The van der Waals surface area contributed by atoms with Crippen LogP contribution in [0, 0.1) is 0 Å². The van der Waals surface area contributed by atoms with Crippen LogP contribution < -0.4 is 0 Å². The summed E-state index contributed by atoms with van der Waals surface area (Å²) >= 11 is 15.6. The summed E-state index contributed by atoms with van der Waals surface area (Å²) < 4.78 is 0.933. The van der Waals surface area contributed by atoms with Crippen LogP contribution in [0.15, 0.2) is 46.9 Å². The molecule has 4 heteroatoms. The topological polar surface area (TPSA) is 20.2 Å². The Bertz CT molecular complexity index is 596. The molecule has 100 valence electrons. The first kappa shape index (κ1) is 14.9. The molecule has 0 heterocycles. The molecule has 2 aromatic rings. The Morgan fingerprint density at radius 3 is 2.53 bits per heavy atom. The summed E-state index contributed by atoms with van der Waals surface area (Å²) in [6.07, 6.45) is 0.406. The summed E-state index contributed by atoms with van der Waals surface area (Å²) in [6.45, 7) is 1.77. The van der Waals surface area contributed by atoms with E-state index >= 15 is 0 Å². The molecule has 0 aliphatic rings. The lowest BCUT2D eigenvalue weighted by molar-refractivity contribution is 0.0576. The first-order chi connectivity index (χ1) is 8.90. The van der Waals surface area contributed by atoms with Gasteiger partial charge in [-0.25, -0.2) is 0 Å². The molecular weight excluding hydrogens is 347 g/mol. The molecule has 0 aliphatic carbocycles. The monoisotopic (exact) mass is 358 g/mol. The van der Waals surface area contributed by atoms with Crippen molar-refractivity contribution >= 4 is 39.1 Å². The van der Waals surface area contributed by atoms with Gasteiger partial charge in [-0.1, -0.05) is 63.4 Å². The standard InChI is InChI=1S/C15H13BrCl2O/c1-15(19,11-5-3-6-12(16)8-11)9-10-4-2-7-13(17)14(10)18/h2-8,19H,9H2,1H3. The molecule has 0 aromatic heterocycles. The first-order valence-corrected chi connectivity index (χ1v) is 7.36. The van der Waals surface area contributed by atoms with E-state index in [4.69, 9.17) is 23.2 Å². The van der Waals surface area contributed by atoms with Crippen LogP contribution in [0.25, 0.3) is 0 Å². The minimum atomic E-state index is -1.00. The molecule has 1 unspecified atom stereocenters. The summed E-state index contributed by atoms with van der Waals surface area (Å²) in [4.78, 5) is 0. The van der Waals surface area contributed by atoms with Crippen LogP contribution in [-0.2, 0) is 12.0 Å². The Balaban J connectivity index is 2.33. The predicted molar refractivity (Wildman–Crippen MR) is 83.9 cm³/mol. The summed E-state index contributed by atoms with van der Waals surface area (Å²) in [5, 5.41) is 11.7. The van der Waals surface area contributed by atoms with E-state index < -0.39 is 5.60 Å². The van der Waals surface area contributed by atoms with Gasteiger partial charge in [0.2, 0.25) is 0 Å². The van der Waals surface area contributed by atoms with Gasteiger partial charge in [0.25, 0.3) is 0 Å². The van der Waals surface area contributed by atoms with Crippen molar-refractivity contribution in [3.63, 3.8) is 0 Å². The van der Waals surface area contributed by atoms with Gasteiger partial charge in [-0.15, -0.1) is 0 Å². The number of hydrogen-bond acceptors (Lipinski definition) is 1. The van der Waals surface area contributed by atoms with Crippen molar-refractivity contribution in [1.82, 2.24) is 0 Å². The third-order valence-electron chi connectivity index (χ3n) is 3.01. The molecule has 0 radical (unpaired) electrons. The van der Waals surface area contributed by atoms with Crippen LogP contribution in [-0.4, -0.2) is 5.11 Å². The summed E-state index contributed by atoms with van der Waals surface area (Å²) in [5.41, 5.74) is 0.662. The average molecular weight is 360 g/mol. The Morgan fingerprint density at radius 2 is 1.84 bits per heavy atom. The highest BCUT2D eigenvalue weighted by molar-refractivity contribution is 9.10. The maximum atomic E-state index is 10.7. The SMILES string of the molecule is CC(O)(Cc1cccc(Cl)c1Cl)c1cccc(Br)c1. The fourth-order valence-corrected chi connectivity index (χ4v) is 2.77. The maximum absolute atomic E-state index is 10.7. The van der Waals surface area contributed by atoms with Crippen molar-refractivity contribution in [1.29, 1.82) is 0 Å². The second-order valence-electron chi connectivity index (χ2n) is 4.67. The Labute approximate surface area is 131 Å². The lowest BCUT2D eigenvalue weighted by atomic mass is 9.89. The first-order valence-electron chi connectivity index (χ1n) is 5.81. The molecule has 0 saturated heterocycles. The zero-order chi connectivity index (χ0) is 14.0. The zero-order valence-corrected chi connectivity index (χ0v) is 13.4. The molecular formula is C15H13BrCl2O. The number of rotatable bonds is 3. The molecule has 0 amide bonds. The van der Waals surface area contributed by atoms with Gasteiger partial charge in [-0.05, 0) is 36.2 Å². The minimum Gasteiger partial charge on any atom is -0.385 e. The van der Waals surface area contributed by atoms with Gasteiger partial charge < -0.3 is 5.11 Å². The van der Waals surface area contributed by atoms with E-state index in [1.54, 1.807) is 13.0 Å². The number of hydrogen-bond donors (Lipinski definition) is 1.